The SMILES string of the molecule is COC1=C(C(=O)O/C(C)=C/C=O)[C@@](C)(/C=C\C#C[Si](C)(C)C)[C@H](O[Si](C)(C)C(C)(C)C)[C@H]1OC. The maximum absolute atomic E-state index is 13.4. The van der Waals surface area contributed by atoms with Crippen molar-refractivity contribution in [1.29, 1.82) is 0 Å². The third-order valence-electron chi connectivity index (χ3n) is 6.33. The normalized spacial score (nSPS) is 24.2. The first-order chi connectivity index (χ1) is 15.4. The van der Waals surface area contributed by atoms with Crippen molar-refractivity contribution in [3.8, 4) is 11.5 Å². The predicted octanol–water partition coefficient (Wildman–Crippen LogP) is 5.40. The number of methoxy groups -OCH3 is 2. The summed E-state index contributed by atoms with van der Waals surface area (Å²) < 4.78 is 23.9. The fraction of sp³-hybridized carbons (Fsp3) is 0.615. The van der Waals surface area contributed by atoms with Crippen molar-refractivity contribution in [2.24, 2.45) is 5.41 Å². The molecule has 1 rings (SSSR count). The van der Waals surface area contributed by atoms with Crippen LogP contribution >= 0.6 is 0 Å². The van der Waals surface area contributed by atoms with Crippen LogP contribution in [0.1, 0.15) is 34.6 Å². The van der Waals surface area contributed by atoms with Crippen LogP contribution in [0.15, 0.2) is 35.3 Å². The molecule has 0 aromatic rings. The fourth-order valence-corrected chi connectivity index (χ4v) is 5.30. The first-order valence-electron chi connectivity index (χ1n) is 11.5. The largest absolute Gasteiger partial charge is 0.498 e. The molecule has 8 heteroatoms. The van der Waals surface area contributed by atoms with E-state index in [0.717, 1.165) is 0 Å². The first kappa shape index (κ1) is 30.1. The highest BCUT2D eigenvalue weighted by atomic mass is 28.4. The quantitative estimate of drug-likeness (QED) is 0.110. The minimum Gasteiger partial charge on any atom is -0.498 e. The van der Waals surface area contributed by atoms with Crippen molar-refractivity contribution in [2.75, 3.05) is 14.2 Å². The van der Waals surface area contributed by atoms with E-state index in [0.29, 0.717) is 17.6 Å². The number of esters is 1. The zero-order chi connectivity index (χ0) is 26.5. The monoisotopic (exact) mass is 506 g/mol. The number of ether oxygens (including phenoxy) is 3. The fourth-order valence-electron chi connectivity index (χ4n) is 3.43. The van der Waals surface area contributed by atoms with E-state index in [9.17, 15) is 9.59 Å². The van der Waals surface area contributed by atoms with Crippen LogP contribution in [0.2, 0.25) is 37.8 Å². The van der Waals surface area contributed by atoms with Crippen LogP contribution in [-0.2, 0) is 28.2 Å². The van der Waals surface area contributed by atoms with Gasteiger partial charge in [-0.15, -0.1) is 5.54 Å². The summed E-state index contributed by atoms with van der Waals surface area (Å²) in [6.07, 6.45) is 4.31. The zero-order valence-corrected chi connectivity index (χ0v) is 24.9. The smallest absolute Gasteiger partial charge is 0.343 e. The second-order valence-corrected chi connectivity index (χ2v) is 20.8. The maximum atomic E-state index is 13.4. The van der Waals surface area contributed by atoms with E-state index in [2.05, 4.69) is 65.0 Å². The van der Waals surface area contributed by atoms with Crippen LogP contribution in [0.4, 0.5) is 0 Å². The molecule has 0 bridgehead atoms. The second kappa shape index (κ2) is 11.2. The molecule has 190 valence electrons. The molecule has 0 saturated heterocycles. The first-order valence-corrected chi connectivity index (χ1v) is 17.9. The molecule has 0 spiro atoms. The van der Waals surface area contributed by atoms with Gasteiger partial charge in [0.15, 0.2) is 8.32 Å². The molecular formula is C26H42O6Si2. The summed E-state index contributed by atoms with van der Waals surface area (Å²) in [6.45, 7) is 20.8. The zero-order valence-electron chi connectivity index (χ0n) is 22.9. The number of carbonyl (C=O) groups excluding carboxylic acids is 2. The van der Waals surface area contributed by atoms with Gasteiger partial charge in [0.1, 0.15) is 32.0 Å². The van der Waals surface area contributed by atoms with Crippen molar-refractivity contribution < 1.29 is 28.2 Å². The summed E-state index contributed by atoms with van der Waals surface area (Å²) in [4.78, 5) is 24.3. The van der Waals surface area contributed by atoms with Gasteiger partial charge >= 0.3 is 5.97 Å². The molecule has 0 radical (unpaired) electrons. The van der Waals surface area contributed by atoms with Crippen molar-refractivity contribution >= 4 is 28.6 Å². The molecule has 0 aromatic heterocycles. The van der Waals surface area contributed by atoms with E-state index < -0.39 is 40.0 Å². The van der Waals surface area contributed by atoms with E-state index in [1.807, 2.05) is 13.0 Å². The summed E-state index contributed by atoms with van der Waals surface area (Å²) in [6, 6.07) is 0. The van der Waals surface area contributed by atoms with E-state index >= 15 is 0 Å². The number of carbonyl (C=O) groups is 2. The lowest BCUT2D eigenvalue weighted by Gasteiger charge is -2.43. The Morgan fingerprint density at radius 2 is 1.71 bits per heavy atom. The number of hydrogen-bond acceptors (Lipinski definition) is 6. The lowest BCUT2D eigenvalue weighted by molar-refractivity contribution is -0.136. The molecule has 0 unspecified atom stereocenters. The van der Waals surface area contributed by atoms with Gasteiger partial charge in [-0.25, -0.2) is 4.79 Å². The molecule has 0 amide bonds. The van der Waals surface area contributed by atoms with Gasteiger partial charge in [-0.1, -0.05) is 52.4 Å². The number of aldehydes is 1. The Labute approximate surface area is 207 Å². The Morgan fingerprint density at radius 3 is 2.15 bits per heavy atom. The van der Waals surface area contributed by atoms with Gasteiger partial charge in [0.25, 0.3) is 0 Å². The topological polar surface area (TPSA) is 71.1 Å². The van der Waals surface area contributed by atoms with Crippen LogP contribution in [0.5, 0.6) is 0 Å². The number of allylic oxidation sites excluding steroid dienone is 3. The summed E-state index contributed by atoms with van der Waals surface area (Å²) in [5.74, 6) is 3.09. The predicted molar refractivity (Wildman–Crippen MR) is 141 cm³/mol. The summed E-state index contributed by atoms with van der Waals surface area (Å²) in [5.41, 5.74) is 2.69. The van der Waals surface area contributed by atoms with Crippen LogP contribution in [-0.4, -0.2) is 55.1 Å². The average molecular weight is 507 g/mol. The van der Waals surface area contributed by atoms with Gasteiger partial charge < -0.3 is 18.6 Å². The molecule has 0 aliphatic heterocycles. The number of hydrogen-bond donors (Lipinski definition) is 0. The molecule has 0 fully saturated rings. The van der Waals surface area contributed by atoms with E-state index in [1.165, 1.54) is 13.2 Å². The molecule has 34 heavy (non-hydrogen) atoms. The molecule has 1 aliphatic carbocycles. The van der Waals surface area contributed by atoms with Crippen LogP contribution in [0, 0.1) is 16.9 Å². The van der Waals surface area contributed by atoms with Crippen molar-refractivity contribution in [2.45, 2.75) is 84.6 Å². The molecule has 0 aromatic carbocycles. The highest BCUT2D eigenvalue weighted by molar-refractivity contribution is 6.83. The van der Waals surface area contributed by atoms with Gasteiger partial charge in [0, 0.05) is 18.6 Å². The molecule has 0 heterocycles. The van der Waals surface area contributed by atoms with Crippen LogP contribution in [0.3, 0.4) is 0 Å². The molecule has 0 N–H and O–H groups in total. The van der Waals surface area contributed by atoms with Gasteiger partial charge in [-0.2, -0.15) is 0 Å². The van der Waals surface area contributed by atoms with Gasteiger partial charge in [-0.3, -0.25) is 4.79 Å². The lowest BCUT2D eigenvalue weighted by Crippen LogP contribution is -2.51. The van der Waals surface area contributed by atoms with E-state index in [-0.39, 0.29) is 10.8 Å². The Kier molecular flexibility index (Phi) is 9.92. The van der Waals surface area contributed by atoms with Crippen LogP contribution in [0.25, 0.3) is 0 Å². The molecular weight excluding hydrogens is 464 g/mol. The summed E-state index contributed by atoms with van der Waals surface area (Å²) in [7, 11) is -0.777. The van der Waals surface area contributed by atoms with Gasteiger partial charge in [0.2, 0.25) is 0 Å². The molecule has 1 aliphatic rings. The second-order valence-electron chi connectivity index (χ2n) is 11.3. The standard InChI is InChI=1S/C26H42O6Si2/c1-19(15-17-27)31-24(28)20-21(29-6)22(30-7)23(32-34(11,12)25(2,3)4)26(20,5)16-13-14-18-33(8,9)10/h13,15-17,22-23H,1-12H3/b16-13-,19-15+/t22-,23+,26+/m0/s1. The van der Waals surface area contributed by atoms with Gasteiger partial charge in [0.05, 0.1) is 18.8 Å². The van der Waals surface area contributed by atoms with Gasteiger partial charge in [-0.05, 0) is 38.1 Å². The Bertz CT molecular complexity index is 922. The molecule has 3 atom stereocenters. The lowest BCUT2D eigenvalue weighted by atomic mass is 9.80. The highest BCUT2D eigenvalue weighted by Gasteiger charge is 2.57. The molecule has 6 nitrogen and oxygen atoms in total. The third kappa shape index (κ3) is 7.04. The Morgan fingerprint density at radius 1 is 1.12 bits per heavy atom. The third-order valence-corrected chi connectivity index (χ3v) is 11.7. The average Bonchev–Trinajstić information content (AvgIpc) is 2.91. The minimum atomic E-state index is -2.28. The maximum Gasteiger partial charge on any atom is 0.343 e. The van der Waals surface area contributed by atoms with Crippen molar-refractivity contribution in [3.05, 3.63) is 35.3 Å². The van der Waals surface area contributed by atoms with Crippen molar-refractivity contribution in [3.63, 3.8) is 0 Å². The highest BCUT2D eigenvalue weighted by Crippen LogP contribution is 2.51. The summed E-state index contributed by atoms with van der Waals surface area (Å²) >= 11 is 0. The van der Waals surface area contributed by atoms with Crippen molar-refractivity contribution in [1.82, 2.24) is 0 Å². The van der Waals surface area contributed by atoms with E-state index in [1.54, 1.807) is 20.1 Å². The Balaban J connectivity index is 3.74. The van der Waals surface area contributed by atoms with Crippen LogP contribution < -0.4 is 0 Å². The van der Waals surface area contributed by atoms with E-state index in [4.69, 9.17) is 18.6 Å². The minimum absolute atomic E-state index is 0.0622. The summed E-state index contributed by atoms with van der Waals surface area (Å²) in [5, 5.41) is -0.0622. The Hall–Kier alpha value is -1.93. The molecule has 0 saturated carbocycles. The number of rotatable bonds is 8.